The Morgan fingerprint density at radius 1 is 0.951 bits per heavy atom. The largest absolute Gasteiger partial charge is 0.462 e. The summed E-state index contributed by atoms with van der Waals surface area (Å²) >= 11 is 0. The zero-order valence-electron chi connectivity index (χ0n) is 24.0. The fraction of sp³-hybridized carbons (Fsp3) is 0.303. The molecule has 0 aliphatic rings. The molecule has 0 fully saturated rings. The lowest BCUT2D eigenvalue weighted by molar-refractivity contribution is 0.0527. The summed E-state index contributed by atoms with van der Waals surface area (Å²) in [6.07, 6.45) is -0.169. The molecule has 7 nitrogen and oxygen atoms in total. The number of nitrogens with one attached hydrogen (secondary N) is 1. The van der Waals surface area contributed by atoms with Crippen molar-refractivity contribution in [1.82, 2.24) is 9.62 Å². The van der Waals surface area contributed by atoms with Crippen LogP contribution in [0.25, 0.3) is 21.9 Å². The number of sulfonamides is 1. The number of hydrogen-bond acceptors (Lipinski definition) is 6. The van der Waals surface area contributed by atoms with Gasteiger partial charge in [0.2, 0.25) is 10.0 Å². The molecule has 0 radical (unpaired) electrons. The predicted molar refractivity (Wildman–Crippen MR) is 163 cm³/mol. The van der Waals surface area contributed by atoms with E-state index in [9.17, 15) is 18.3 Å². The van der Waals surface area contributed by atoms with Crippen LogP contribution in [-0.2, 0) is 21.2 Å². The van der Waals surface area contributed by atoms with Crippen molar-refractivity contribution in [2.75, 3.05) is 26.7 Å². The Hall–Kier alpha value is -3.56. The number of aliphatic hydroxyl groups is 1. The number of benzene rings is 4. The standard InChI is InChI=1S/C33H38N2O5S/c1-5-40-32(37)31-16-9-8-15-30(31)27-13-10-14-29(20-27)41(38,39)35(4)23-28(36)22-34-33(2,3)21-24-17-18-25-11-6-7-12-26(25)19-24/h6-20,28,34,36H,5,21-23H2,1-4H3. The Bertz CT molecular complexity index is 1620. The molecule has 0 aromatic heterocycles. The second kappa shape index (κ2) is 13.0. The van der Waals surface area contributed by atoms with Crippen LogP contribution in [0, 0.1) is 0 Å². The molecule has 4 aromatic carbocycles. The van der Waals surface area contributed by atoms with E-state index in [1.807, 2.05) is 12.1 Å². The number of ether oxygens (including phenoxy) is 1. The van der Waals surface area contributed by atoms with Gasteiger partial charge in [0.05, 0.1) is 23.2 Å². The number of likely N-dealkylation sites (N-methyl/N-ethyl adjacent to an activating group) is 1. The van der Waals surface area contributed by atoms with Crippen LogP contribution >= 0.6 is 0 Å². The summed E-state index contributed by atoms with van der Waals surface area (Å²) in [5.74, 6) is -0.465. The van der Waals surface area contributed by atoms with Gasteiger partial charge in [0, 0.05) is 25.7 Å². The molecular weight excluding hydrogens is 536 g/mol. The number of aliphatic hydroxyl groups excluding tert-OH is 1. The summed E-state index contributed by atoms with van der Waals surface area (Å²) in [6.45, 7) is 6.26. The predicted octanol–water partition coefficient (Wildman–Crippen LogP) is 5.28. The number of esters is 1. The van der Waals surface area contributed by atoms with Gasteiger partial charge >= 0.3 is 5.97 Å². The quantitative estimate of drug-likeness (QED) is 0.224. The Morgan fingerprint density at radius 2 is 1.66 bits per heavy atom. The summed E-state index contributed by atoms with van der Waals surface area (Å²) in [4.78, 5) is 12.5. The van der Waals surface area contributed by atoms with Crippen molar-refractivity contribution in [1.29, 1.82) is 0 Å². The van der Waals surface area contributed by atoms with Crippen LogP contribution < -0.4 is 5.32 Å². The maximum absolute atomic E-state index is 13.4. The number of carbonyl (C=O) groups is 1. The molecule has 0 saturated heterocycles. The summed E-state index contributed by atoms with van der Waals surface area (Å²) in [5, 5.41) is 16.5. The lowest BCUT2D eigenvalue weighted by atomic mass is 9.93. The molecule has 2 N–H and O–H groups in total. The summed E-state index contributed by atoms with van der Waals surface area (Å²) in [5.41, 5.74) is 2.40. The van der Waals surface area contributed by atoms with Crippen molar-refractivity contribution in [2.45, 2.75) is 43.7 Å². The average Bonchev–Trinajstić information content (AvgIpc) is 2.96. The highest BCUT2D eigenvalue weighted by Crippen LogP contribution is 2.28. The van der Waals surface area contributed by atoms with Crippen LogP contribution in [0.3, 0.4) is 0 Å². The highest BCUT2D eigenvalue weighted by atomic mass is 32.2. The summed E-state index contributed by atoms with van der Waals surface area (Å²) in [6, 6.07) is 28.0. The van der Waals surface area contributed by atoms with E-state index < -0.39 is 22.1 Å². The number of carbonyl (C=O) groups excluding carboxylic acids is 1. The minimum atomic E-state index is -3.90. The van der Waals surface area contributed by atoms with Gasteiger partial charge in [-0.05, 0) is 72.9 Å². The van der Waals surface area contributed by atoms with E-state index in [2.05, 4.69) is 49.5 Å². The number of fused-ring (bicyclic) bond motifs is 1. The Kier molecular flexibility index (Phi) is 9.60. The molecule has 4 rings (SSSR count). The average molecular weight is 575 g/mol. The first kappa shape index (κ1) is 30.4. The fourth-order valence-electron chi connectivity index (χ4n) is 4.90. The van der Waals surface area contributed by atoms with Crippen LogP contribution in [0.1, 0.15) is 36.7 Å². The molecule has 8 heteroatoms. The Labute approximate surface area is 242 Å². The molecule has 0 amide bonds. The highest BCUT2D eigenvalue weighted by molar-refractivity contribution is 7.89. The molecule has 4 aromatic rings. The van der Waals surface area contributed by atoms with Gasteiger partial charge in [0.15, 0.2) is 0 Å². The molecule has 41 heavy (non-hydrogen) atoms. The second-order valence-corrected chi connectivity index (χ2v) is 12.9. The molecular formula is C33H38N2O5S. The minimum Gasteiger partial charge on any atom is -0.462 e. The lowest BCUT2D eigenvalue weighted by Gasteiger charge is -2.29. The van der Waals surface area contributed by atoms with E-state index >= 15 is 0 Å². The first-order chi connectivity index (χ1) is 19.5. The van der Waals surface area contributed by atoms with Crippen LogP contribution in [0.5, 0.6) is 0 Å². The molecule has 0 spiro atoms. The van der Waals surface area contributed by atoms with E-state index in [1.165, 1.54) is 29.4 Å². The molecule has 0 heterocycles. The van der Waals surface area contributed by atoms with Gasteiger partial charge in [-0.1, -0.05) is 72.8 Å². The first-order valence-electron chi connectivity index (χ1n) is 13.7. The third kappa shape index (κ3) is 7.59. The normalized spacial score (nSPS) is 12.9. The molecule has 0 aliphatic heterocycles. The van der Waals surface area contributed by atoms with E-state index in [0.717, 1.165) is 10.7 Å². The van der Waals surface area contributed by atoms with Gasteiger partial charge in [-0.3, -0.25) is 0 Å². The minimum absolute atomic E-state index is 0.0768. The van der Waals surface area contributed by atoms with E-state index in [1.54, 1.807) is 49.4 Å². The van der Waals surface area contributed by atoms with E-state index in [-0.39, 0.29) is 30.1 Å². The number of hydrogen-bond donors (Lipinski definition) is 2. The second-order valence-electron chi connectivity index (χ2n) is 10.9. The third-order valence-electron chi connectivity index (χ3n) is 7.02. The van der Waals surface area contributed by atoms with Crippen molar-refractivity contribution < 1.29 is 23.1 Å². The van der Waals surface area contributed by atoms with Crippen LogP contribution in [0.15, 0.2) is 95.9 Å². The number of rotatable bonds is 12. The van der Waals surface area contributed by atoms with Gasteiger partial charge in [0.25, 0.3) is 0 Å². The summed E-state index contributed by atoms with van der Waals surface area (Å²) < 4.78 is 33.2. The van der Waals surface area contributed by atoms with Crippen molar-refractivity contribution in [3.63, 3.8) is 0 Å². The van der Waals surface area contributed by atoms with Gasteiger partial charge in [0.1, 0.15) is 0 Å². The number of β-amino-alcohol motifs (C(OH)–C–C–N with tert-alkyl or cyclic N) is 1. The highest BCUT2D eigenvalue weighted by Gasteiger charge is 2.26. The van der Waals surface area contributed by atoms with Crippen molar-refractivity contribution >= 4 is 26.8 Å². The molecule has 1 atom stereocenters. The Morgan fingerprint density at radius 3 is 2.41 bits per heavy atom. The molecule has 0 bridgehead atoms. The molecule has 216 valence electrons. The zero-order chi connectivity index (χ0) is 29.6. The maximum Gasteiger partial charge on any atom is 0.338 e. The zero-order valence-corrected chi connectivity index (χ0v) is 24.8. The Balaban J connectivity index is 1.41. The van der Waals surface area contributed by atoms with Crippen LogP contribution in [0.4, 0.5) is 0 Å². The van der Waals surface area contributed by atoms with E-state index in [4.69, 9.17) is 4.74 Å². The van der Waals surface area contributed by atoms with Gasteiger partial charge in [-0.15, -0.1) is 0 Å². The molecule has 0 saturated carbocycles. The third-order valence-corrected chi connectivity index (χ3v) is 8.84. The first-order valence-corrected chi connectivity index (χ1v) is 15.2. The van der Waals surface area contributed by atoms with E-state index in [0.29, 0.717) is 16.7 Å². The summed E-state index contributed by atoms with van der Waals surface area (Å²) in [7, 11) is -2.45. The fourth-order valence-corrected chi connectivity index (χ4v) is 6.16. The van der Waals surface area contributed by atoms with Crippen molar-refractivity contribution in [3.05, 3.63) is 102 Å². The van der Waals surface area contributed by atoms with Gasteiger partial charge in [-0.25, -0.2) is 13.2 Å². The monoisotopic (exact) mass is 574 g/mol. The van der Waals surface area contributed by atoms with Crippen molar-refractivity contribution in [3.8, 4) is 11.1 Å². The van der Waals surface area contributed by atoms with Crippen LogP contribution in [-0.4, -0.2) is 62.2 Å². The lowest BCUT2D eigenvalue weighted by Crippen LogP contribution is -2.47. The van der Waals surface area contributed by atoms with Gasteiger partial charge in [-0.2, -0.15) is 4.31 Å². The molecule has 0 aliphatic carbocycles. The molecule has 1 unspecified atom stereocenters. The van der Waals surface area contributed by atoms with Crippen molar-refractivity contribution in [2.24, 2.45) is 0 Å². The smallest absolute Gasteiger partial charge is 0.338 e. The maximum atomic E-state index is 13.4. The topological polar surface area (TPSA) is 95.9 Å². The van der Waals surface area contributed by atoms with Gasteiger partial charge < -0.3 is 15.2 Å². The number of nitrogens with zero attached hydrogens (tertiary/aromatic N) is 1. The SMILES string of the molecule is CCOC(=O)c1ccccc1-c1cccc(S(=O)(=O)N(C)CC(O)CNC(C)(C)Cc2ccc3ccccc3c2)c1. The van der Waals surface area contributed by atoms with Crippen LogP contribution in [0.2, 0.25) is 0 Å².